The van der Waals surface area contributed by atoms with Gasteiger partial charge in [-0.25, -0.2) is 0 Å². The molecule has 1 aliphatic rings. The number of hydrogen-bond donors (Lipinski definition) is 1. The van der Waals surface area contributed by atoms with Crippen LogP contribution in [0.25, 0.3) is 0 Å². The van der Waals surface area contributed by atoms with Crippen LogP contribution in [0.4, 0.5) is 8.78 Å². The van der Waals surface area contributed by atoms with E-state index in [-0.39, 0.29) is 16.8 Å². The van der Waals surface area contributed by atoms with Gasteiger partial charge >= 0.3 is 6.61 Å². The van der Waals surface area contributed by atoms with Gasteiger partial charge in [0.15, 0.2) is 0 Å². The Kier molecular flexibility index (Phi) is 2.80. The van der Waals surface area contributed by atoms with Crippen LogP contribution in [0.3, 0.4) is 0 Å². The molecule has 2 N–H and O–H groups in total. The minimum atomic E-state index is -2.85. The first-order valence-corrected chi connectivity index (χ1v) is 4.95. The summed E-state index contributed by atoms with van der Waals surface area (Å²) in [6.07, 6.45) is 0.922. The predicted octanol–water partition coefficient (Wildman–Crippen LogP) is 2.76. The Bertz CT molecular complexity index is 372. The number of benzene rings is 1. The molecule has 15 heavy (non-hydrogen) atoms. The van der Waals surface area contributed by atoms with E-state index in [2.05, 4.69) is 4.74 Å². The molecule has 1 aromatic carbocycles. The fourth-order valence-corrected chi connectivity index (χ4v) is 1.77. The zero-order valence-electron chi connectivity index (χ0n) is 7.79. The number of alkyl halides is 2. The molecule has 2 nitrogen and oxygen atoms in total. The van der Waals surface area contributed by atoms with Gasteiger partial charge in [-0.05, 0) is 24.1 Å². The molecule has 0 bridgehead atoms. The molecular formula is C10H10ClF2NO. The van der Waals surface area contributed by atoms with E-state index in [1.165, 1.54) is 6.07 Å². The van der Waals surface area contributed by atoms with Crippen LogP contribution in [0, 0.1) is 0 Å². The van der Waals surface area contributed by atoms with E-state index < -0.39 is 6.61 Å². The number of halogens is 3. The standard InChI is InChI=1S/C10H10ClF2NO/c11-7-3-5(6-4-8(6)14)1-2-9(7)15-10(12)13/h1-3,6,8,10H,4,14H2/t6-,8+/m0/s1. The van der Waals surface area contributed by atoms with Gasteiger partial charge in [-0.2, -0.15) is 8.78 Å². The summed E-state index contributed by atoms with van der Waals surface area (Å²) in [5.74, 6) is 0.313. The molecule has 0 radical (unpaired) electrons. The molecule has 0 saturated heterocycles. The first-order chi connectivity index (χ1) is 7.08. The summed E-state index contributed by atoms with van der Waals surface area (Å²) in [6.45, 7) is -2.85. The Morgan fingerprint density at radius 3 is 2.60 bits per heavy atom. The van der Waals surface area contributed by atoms with Crippen LogP contribution >= 0.6 is 11.6 Å². The zero-order valence-corrected chi connectivity index (χ0v) is 8.55. The molecule has 0 spiro atoms. The summed E-state index contributed by atoms with van der Waals surface area (Å²) in [6, 6.07) is 4.98. The Balaban J connectivity index is 2.16. The van der Waals surface area contributed by atoms with Gasteiger partial charge in [-0.15, -0.1) is 0 Å². The summed E-state index contributed by atoms with van der Waals surface area (Å²) < 4.78 is 28.1. The lowest BCUT2D eigenvalue weighted by Gasteiger charge is -2.07. The molecule has 82 valence electrons. The van der Waals surface area contributed by atoms with Crippen LogP contribution < -0.4 is 10.5 Å². The molecule has 0 aromatic heterocycles. The minimum absolute atomic E-state index is 0.00429. The summed E-state index contributed by atoms with van der Waals surface area (Å²) in [5, 5.41) is 0.201. The third-order valence-electron chi connectivity index (χ3n) is 2.44. The van der Waals surface area contributed by atoms with Crippen LogP contribution in [0.15, 0.2) is 18.2 Å². The van der Waals surface area contributed by atoms with Gasteiger partial charge in [0.25, 0.3) is 0 Å². The predicted molar refractivity (Wildman–Crippen MR) is 53.4 cm³/mol. The van der Waals surface area contributed by atoms with Crippen molar-refractivity contribution >= 4 is 11.6 Å². The smallest absolute Gasteiger partial charge is 0.387 e. The largest absolute Gasteiger partial charge is 0.433 e. The second-order valence-corrected chi connectivity index (χ2v) is 3.98. The summed E-state index contributed by atoms with van der Waals surface area (Å²) in [4.78, 5) is 0. The van der Waals surface area contributed by atoms with Crippen molar-refractivity contribution in [3.8, 4) is 5.75 Å². The number of nitrogens with two attached hydrogens (primary N) is 1. The highest BCUT2D eigenvalue weighted by molar-refractivity contribution is 6.32. The first-order valence-electron chi connectivity index (χ1n) is 4.58. The number of rotatable bonds is 3. The van der Waals surface area contributed by atoms with Crippen molar-refractivity contribution in [1.29, 1.82) is 0 Å². The van der Waals surface area contributed by atoms with Crippen molar-refractivity contribution in [2.75, 3.05) is 0 Å². The van der Waals surface area contributed by atoms with E-state index >= 15 is 0 Å². The van der Waals surface area contributed by atoms with Crippen molar-refractivity contribution in [3.05, 3.63) is 28.8 Å². The molecule has 0 amide bonds. The van der Waals surface area contributed by atoms with E-state index in [9.17, 15) is 8.78 Å². The lowest BCUT2D eigenvalue weighted by molar-refractivity contribution is -0.0497. The van der Waals surface area contributed by atoms with Crippen molar-refractivity contribution < 1.29 is 13.5 Å². The fourth-order valence-electron chi connectivity index (χ4n) is 1.54. The van der Waals surface area contributed by atoms with Crippen molar-refractivity contribution in [3.63, 3.8) is 0 Å². The van der Waals surface area contributed by atoms with Crippen molar-refractivity contribution in [2.45, 2.75) is 25.0 Å². The van der Waals surface area contributed by atoms with Crippen molar-refractivity contribution in [2.24, 2.45) is 5.73 Å². The highest BCUT2D eigenvalue weighted by atomic mass is 35.5. The van der Waals surface area contributed by atoms with Crippen LogP contribution in [-0.2, 0) is 0 Å². The molecule has 1 fully saturated rings. The second-order valence-electron chi connectivity index (χ2n) is 3.57. The van der Waals surface area contributed by atoms with Crippen molar-refractivity contribution in [1.82, 2.24) is 0 Å². The number of ether oxygens (including phenoxy) is 1. The van der Waals surface area contributed by atoms with Crippen LogP contribution in [0.2, 0.25) is 5.02 Å². The Hall–Kier alpha value is -0.870. The SMILES string of the molecule is N[C@@H]1C[C@H]1c1ccc(OC(F)F)c(Cl)c1. The summed E-state index contributed by atoms with van der Waals surface area (Å²) in [5.41, 5.74) is 6.65. The molecule has 1 aromatic rings. The van der Waals surface area contributed by atoms with Gasteiger partial charge in [-0.3, -0.25) is 0 Å². The quantitative estimate of drug-likeness (QED) is 0.871. The molecule has 1 aliphatic carbocycles. The maximum Gasteiger partial charge on any atom is 0.387 e. The Morgan fingerprint density at radius 2 is 2.13 bits per heavy atom. The van der Waals surface area contributed by atoms with E-state index in [1.54, 1.807) is 12.1 Å². The normalized spacial score (nSPS) is 24.3. The zero-order chi connectivity index (χ0) is 11.0. The highest BCUT2D eigenvalue weighted by Crippen LogP contribution is 2.41. The van der Waals surface area contributed by atoms with Crippen LogP contribution in [0.5, 0.6) is 5.75 Å². The van der Waals surface area contributed by atoms with E-state index in [1.807, 2.05) is 0 Å². The van der Waals surface area contributed by atoms with Crippen LogP contribution in [0.1, 0.15) is 17.9 Å². The van der Waals surface area contributed by atoms with Gasteiger partial charge in [0.2, 0.25) is 0 Å². The van der Waals surface area contributed by atoms with Gasteiger partial charge in [0, 0.05) is 12.0 Å². The molecule has 2 atom stereocenters. The van der Waals surface area contributed by atoms with E-state index in [0.717, 1.165) is 12.0 Å². The molecule has 5 heteroatoms. The second kappa shape index (κ2) is 3.94. The van der Waals surface area contributed by atoms with E-state index in [0.29, 0.717) is 5.92 Å². The summed E-state index contributed by atoms with van der Waals surface area (Å²) in [7, 11) is 0. The third-order valence-corrected chi connectivity index (χ3v) is 2.74. The highest BCUT2D eigenvalue weighted by Gasteiger charge is 2.35. The molecule has 0 heterocycles. The van der Waals surface area contributed by atoms with Crippen LogP contribution in [-0.4, -0.2) is 12.7 Å². The average Bonchev–Trinajstić information content (AvgIpc) is 2.86. The fraction of sp³-hybridized carbons (Fsp3) is 0.400. The third kappa shape index (κ3) is 2.38. The molecule has 2 rings (SSSR count). The van der Waals surface area contributed by atoms with Gasteiger partial charge < -0.3 is 10.5 Å². The van der Waals surface area contributed by atoms with Gasteiger partial charge in [-0.1, -0.05) is 17.7 Å². The molecular weight excluding hydrogens is 224 g/mol. The molecule has 0 unspecified atom stereocenters. The van der Waals surface area contributed by atoms with Gasteiger partial charge in [0.1, 0.15) is 5.75 Å². The number of hydrogen-bond acceptors (Lipinski definition) is 2. The first kappa shape index (κ1) is 10.6. The maximum absolute atomic E-state index is 11.9. The van der Waals surface area contributed by atoms with Gasteiger partial charge in [0.05, 0.1) is 5.02 Å². The molecule has 1 saturated carbocycles. The van der Waals surface area contributed by atoms with E-state index in [4.69, 9.17) is 17.3 Å². The maximum atomic E-state index is 11.9. The lowest BCUT2D eigenvalue weighted by atomic mass is 10.1. The monoisotopic (exact) mass is 233 g/mol. The average molecular weight is 234 g/mol. The minimum Gasteiger partial charge on any atom is -0.433 e. The summed E-state index contributed by atoms with van der Waals surface area (Å²) >= 11 is 5.79. The molecule has 0 aliphatic heterocycles. The Morgan fingerprint density at radius 1 is 1.47 bits per heavy atom. The lowest BCUT2D eigenvalue weighted by Crippen LogP contribution is -2.03. The Labute approximate surface area is 91.0 Å². The topological polar surface area (TPSA) is 35.2 Å².